The fourth-order valence-corrected chi connectivity index (χ4v) is 1.66. The van der Waals surface area contributed by atoms with E-state index in [0.717, 1.165) is 12.8 Å². The lowest BCUT2D eigenvalue weighted by Gasteiger charge is -2.23. The Labute approximate surface area is 83.0 Å². The van der Waals surface area contributed by atoms with Crippen molar-refractivity contribution in [2.45, 2.75) is 25.4 Å². The summed E-state index contributed by atoms with van der Waals surface area (Å²) in [6.07, 6.45) is 5.24. The lowest BCUT2D eigenvalue weighted by Crippen LogP contribution is -2.26. The van der Waals surface area contributed by atoms with Crippen LogP contribution < -0.4 is 4.74 Å². The van der Waals surface area contributed by atoms with E-state index in [-0.39, 0.29) is 0 Å². The Bertz CT molecular complexity index is 335. The predicted octanol–water partition coefficient (Wildman–Crippen LogP) is 1.10. The minimum absolute atomic E-state index is 0.299. The first-order valence-electron chi connectivity index (χ1n) is 4.74. The van der Waals surface area contributed by atoms with Gasteiger partial charge in [-0.25, -0.2) is 4.98 Å². The Hall–Kier alpha value is -1.16. The van der Waals surface area contributed by atoms with E-state index in [1.165, 1.54) is 7.11 Å². The number of aromatic nitrogens is 2. The van der Waals surface area contributed by atoms with Crippen molar-refractivity contribution < 1.29 is 9.84 Å². The van der Waals surface area contributed by atoms with Gasteiger partial charge >= 0.3 is 0 Å². The van der Waals surface area contributed by atoms with Crippen LogP contribution in [0.15, 0.2) is 12.4 Å². The number of rotatable bonds is 3. The van der Waals surface area contributed by atoms with Gasteiger partial charge in [-0.1, -0.05) is 0 Å². The van der Waals surface area contributed by atoms with E-state index in [4.69, 9.17) is 4.74 Å². The molecule has 14 heavy (non-hydrogen) atoms. The van der Waals surface area contributed by atoms with Crippen LogP contribution in [0.5, 0.6) is 5.88 Å². The molecule has 4 nitrogen and oxygen atoms in total. The zero-order chi connectivity index (χ0) is 10.2. The number of ether oxygens (including phenoxy) is 1. The second-order valence-electron chi connectivity index (χ2n) is 3.84. The molecule has 4 heteroatoms. The molecule has 0 amide bonds. The van der Waals surface area contributed by atoms with Gasteiger partial charge in [0.15, 0.2) is 0 Å². The van der Waals surface area contributed by atoms with Gasteiger partial charge in [-0.3, -0.25) is 4.98 Å². The van der Waals surface area contributed by atoms with E-state index in [2.05, 4.69) is 9.97 Å². The highest BCUT2D eigenvalue weighted by molar-refractivity contribution is 5.25. The zero-order valence-electron chi connectivity index (χ0n) is 8.40. The summed E-state index contributed by atoms with van der Waals surface area (Å²) in [5.74, 6) is 0.720. The quantitative estimate of drug-likeness (QED) is 0.783. The number of nitrogens with zero attached hydrogens (tertiary/aromatic N) is 2. The molecule has 0 radical (unpaired) electrons. The Kier molecular flexibility index (Phi) is 2.15. The van der Waals surface area contributed by atoms with Crippen molar-refractivity contribution >= 4 is 0 Å². The lowest BCUT2D eigenvalue weighted by atomic mass is 9.96. The molecule has 1 fully saturated rings. The molecule has 76 valence electrons. The fraction of sp³-hybridized carbons (Fsp3) is 0.600. The SMILES string of the molecule is COc1nccnc1C(C)(O)C1CC1. The number of methoxy groups -OCH3 is 1. The molecule has 1 aromatic heterocycles. The molecule has 1 atom stereocenters. The average Bonchev–Trinajstić information content (AvgIpc) is 3.01. The number of hydrogen-bond donors (Lipinski definition) is 1. The van der Waals surface area contributed by atoms with Gasteiger partial charge < -0.3 is 9.84 Å². The van der Waals surface area contributed by atoms with Crippen LogP contribution in [0.4, 0.5) is 0 Å². The molecule has 0 bridgehead atoms. The third kappa shape index (κ3) is 1.46. The van der Waals surface area contributed by atoms with E-state index >= 15 is 0 Å². The second kappa shape index (κ2) is 3.20. The molecule has 1 aliphatic rings. The summed E-state index contributed by atoms with van der Waals surface area (Å²) < 4.78 is 5.08. The van der Waals surface area contributed by atoms with Crippen molar-refractivity contribution in [3.63, 3.8) is 0 Å². The van der Waals surface area contributed by atoms with Crippen molar-refractivity contribution in [3.05, 3.63) is 18.1 Å². The summed E-state index contributed by atoms with van der Waals surface area (Å²) in [6.45, 7) is 1.78. The van der Waals surface area contributed by atoms with E-state index in [1.54, 1.807) is 19.3 Å². The molecular weight excluding hydrogens is 180 g/mol. The standard InChI is InChI=1S/C10H14N2O2/c1-10(13,7-3-4-7)8-9(14-2)12-6-5-11-8/h5-7,13H,3-4H2,1-2H3. The lowest BCUT2D eigenvalue weighted by molar-refractivity contribution is 0.0254. The molecule has 0 saturated heterocycles. The molecule has 1 unspecified atom stereocenters. The van der Waals surface area contributed by atoms with Gasteiger partial charge in [-0.15, -0.1) is 0 Å². The highest BCUT2D eigenvalue weighted by Gasteiger charge is 2.44. The number of aliphatic hydroxyl groups is 1. The summed E-state index contributed by atoms with van der Waals surface area (Å²) in [5, 5.41) is 10.3. The first-order valence-corrected chi connectivity index (χ1v) is 4.74. The Morgan fingerprint density at radius 3 is 2.64 bits per heavy atom. The van der Waals surface area contributed by atoms with Gasteiger partial charge in [0, 0.05) is 12.4 Å². The van der Waals surface area contributed by atoms with E-state index in [0.29, 0.717) is 17.5 Å². The maximum Gasteiger partial charge on any atom is 0.238 e. The maximum atomic E-state index is 10.3. The van der Waals surface area contributed by atoms with Crippen LogP contribution in [-0.2, 0) is 5.60 Å². The molecule has 1 aromatic rings. The van der Waals surface area contributed by atoms with Crippen LogP contribution in [-0.4, -0.2) is 22.2 Å². The normalized spacial score (nSPS) is 20.2. The van der Waals surface area contributed by atoms with E-state index in [9.17, 15) is 5.11 Å². The fourth-order valence-electron chi connectivity index (χ4n) is 1.66. The van der Waals surface area contributed by atoms with Crippen molar-refractivity contribution in [1.29, 1.82) is 0 Å². The predicted molar refractivity (Wildman–Crippen MR) is 50.9 cm³/mol. The first kappa shape index (κ1) is 9.40. The molecule has 0 aromatic carbocycles. The van der Waals surface area contributed by atoms with Crippen LogP contribution in [0.2, 0.25) is 0 Å². The molecule has 1 N–H and O–H groups in total. The van der Waals surface area contributed by atoms with Gasteiger partial charge in [0.1, 0.15) is 11.3 Å². The molecule has 2 rings (SSSR count). The molecule has 0 spiro atoms. The highest BCUT2D eigenvalue weighted by Crippen LogP contribution is 2.46. The minimum atomic E-state index is -0.903. The summed E-state index contributed by atoms with van der Waals surface area (Å²) in [7, 11) is 1.54. The topological polar surface area (TPSA) is 55.2 Å². The van der Waals surface area contributed by atoms with Crippen molar-refractivity contribution in [3.8, 4) is 5.88 Å². The summed E-state index contributed by atoms with van der Waals surface area (Å²) in [6, 6.07) is 0. The van der Waals surface area contributed by atoms with Gasteiger partial charge in [0.2, 0.25) is 5.88 Å². The largest absolute Gasteiger partial charge is 0.480 e. The second-order valence-corrected chi connectivity index (χ2v) is 3.84. The number of hydrogen-bond acceptors (Lipinski definition) is 4. The van der Waals surface area contributed by atoms with E-state index in [1.807, 2.05) is 0 Å². The minimum Gasteiger partial charge on any atom is -0.480 e. The Balaban J connectivity index is 2.38. The molecular formula is C10H14N2O2. The molecule has 0 aliphatic heterocycles. The average molecular weight is 194 g/mol. The van der Waals surface area contributed by atoms with Crippen LogP contribution in [0.25, 0.3) is 0 Å². The van der Waals surface area contributed by atoms with Gasteiger partial charge in [-0.2, -0.15) is 0 Å². The monoisotopic (exact) mass is 194 g/mol. The van der Waals surface area contributed by atoms with Crippen LogP contribution in [0, 0.1) is 5.92 Å². The van der Waals surface area contributed by atoms with Crippen LogP contribution in [0.3, 0.4) is 0 Å². The maximum absolute atomic E-state index is 10.3. The van der Waals surface area contributed by atoms with Gasteiger partial charge in [-0.05, 0) is 25.7 Å². The van der Waals surface area contributed by atoms with E-state index < -0.39 is 5.60 Å². The molecule has 1 aliphatic carbocycles. The van der Waals surface area contributed by atoms with Gasteiger partial charge in [0.05, 0.1) is 7.11 Å². The Morgan fingerprint density at radius 2 is 2.07 bits per heavy atom. The first-order chi connectivity index (χ1) is 6.66. The third-order valence-electron chi connectivity index (χ3n) is 2.71. The van der Waals surface area contributed by atoms with Gasteiger partial charge in [0.25, 0.3) is 0 Å². The van der Waals surface area contributed by atoms with Crippen LogP contribution >= 0.6 is 0 Å². The smallest absolute Gasteiger partial charge is 0.238 e. The molecule has 1 heterocycles. The highest BCUT2D eigenvalue weighted by atomic mass is 16.5. The van der Waals surface area contributed by atoms with Crippen molar-refractivity contribution in [1.82, 2.24) is 9.97 Å². The summed E-state index contributed by atoms with van der Waals surface area (Å²) >= 11 is 0. The zero-order valence-corrected chi connectivity index (χ0v) is 8.40. The van der Waals surface area contributed by atoms with Crippen LogP contribution in [0.1, 0.15) is 25.5 Å². The summed E-state index contributed by atoms with van der Waals surface area (Å²) in [5.41, 5.74) is -0.357. The molecule has 1 saturated carbocycles. The Morgan fingerprint density at radius 1 is 1.43 bits per heavy atom. The van der Waals surface area contributed by atoms with Crippen molar-refractivity contribution in [2.24, 2.45) is 5.92 Å². The summed E-state index contributed by atoms with van der Waals surface area (Å²) in [4.78, 5) is 8.17. The third-order valence-corrected chi connectivity index (χ3v) is 2.71. The van der Waals surface area contributed by atoms with Crippen molar-refractivity contribution in [2.75, 3.05) is 7.11 Å².